The van der Waals surface area contributed by atoms with E-state index in [0.29, 0.717) is 11.3 Å². The number of nitro groups is 1. The maximum atomic E-state index is 14.4. The van der Waals surface area contributed by atoms with Gasteiger partial charge in [0.05, 0.1) is 16.7 Å². The zero-order chi connectivity index (χ0) is 21.8. The van der Waals surface area contributed by atoms with Gasteiger partial charge in [-0.1, -0.05) is 25.1 Å². The first kappa shape index (κ1) is 21.0. The number of para-hydroxylation sites is 1. The van der Waals surface area contributed by atoms with Crippen molar-refractivity contribution < 1.29 is 18.8 Å². The highest BCUT2D eigenvalue weighted by atomic mass is 19.1. The molecule has 0 aliphatic heterocycles. The lowest BCUT2D eigenvalue weighted by Gasteiger charge is -2.10. The minimum absolute atomic E-state index is 0.0461. The molecule has 3 rings (SSSR count). The Hall–Kier alpha value is -3.75. The monoisotopic (exact) mass is 412 g/mol. The van der Waals surface area contributed by atoms with Gasteiger partial charge in [-0.15, -0.1) is 0 Å². The zero-order valence-corrected chi connectivity index (χ0v) is 16.8. The van der Waals surface area contributed by atoms with Gasteiger partial charge in [-0.05, 0) is 38.5 Å². The van der Waals surface area contributed by atoms with Crippen LogP contribution in [0.1, 0.15) is 36.3 Å². The molecule has 2 aromatic carbocycles. The molecule has 1 amide bonds. The summed E-state index contributed by atoms with van der Waals surface area (Å²) in [6.45, 7) is 5.48. The third kappa shape index (κ3) is 4.29. The number of nitrogens with zero attached hydrogens (tertiary/aromatic N) is 3. The van der Waals surface area contributed by atoms with Gasteiger partial charge in [0.25, 0.3) is 11.6 Å². The van der Waals surface area contributed by atoms with Gasteiger partial charge in [0.1, 0.15) is 0 Å². The summed E-state index contributed by atoms with van der Waals surface area (Å²) < 4.78 is 21.6. The molecule has 30 heavy (non-hydrogen) atoms. The van der Waals surface area contributed by atoms with E-state index in [9.17, 15) is 19.3 Å². The molecular weight excluding hydrogens is 391 g/mol. The Morgan fingerprint density at radius 2 is 2.00 bits per heavy atom. The number of hydrogen-bond donors (Lipinski definition) is 1. The van der Waals surface area contributed by atoms with E-state index in [1.807, 2.05) is 19.9 Å². The molecule has 0 unspecified atom stereocenters. The second kappa shape index (κ2) is 8.73. The van der Waals surface area contributed by atoms with Gasteiger partial charge < -0.3 is 10.1 Å². The molecular formula is C21H21FN4O4. The first-order valence-electron chi connectivity index (χ1n) is 9.39. The van der Waals surface area contributed by atoms with E-state index in [1.54, 1.807) is 31.2 Å². The number of benzene rings is 2. The van der Waals surface area contributed by atoms with E-state index in [2.05, 4.69) is 10.4 Å². The van der Waals surface area contributed by atoms with Crippen LogP contribution in [0.3, 0.4) is 0 Å². The minimum atomic E-state index is -0.894. The molecule has 1 N–H and O–H groups in total. The van der Waals surface area contributed by atoms with Crippen molar-refractivity contribution in [3.8, 4) is 17.3 Å². The Morgan fingerprint density at radius 3 is 2.60 bits per heavy atom. The Bertz CT molecular complexity index is 1080. The fourth-order valence-electron chi connectivity index (χ4n) is 2.74. The summed E-state index contributed by atoms with van der Waals surface area (Å²) in [6.07, 6.45) is 0.752. The van der Waals surface area contributed by atoms with Gasteiger partial charge in [0.15, 0.2) is 17.3 Å². The smallest absolute Gasteiger partial charge is 0.272 e. The third-order valence-electron chi connectivity index (χ3n) is 4.61. The number of amides is 1. The summed E-state index contributed by atoms with van der Waals surface area (Å²) >= 11 is 0. The fraction of sp³-hybridized carbons (Fsp3) is 0.238. The first-order valence-corrected chi connectivity index (χ1v) is 9.39. The average molecular weight is 412 g/mol. The molecule has 0 saturated heterocycles. The lowest BCUT2D eigenvalue weighted by molar-refractivity contribution is -0.385. The van der Waals surface area contributed by atoms with Crippen LogP contribution in [0.5, 0.6) is 11.6 Å². The van der Waals surface area contributed by atoms with Crippen molar-refractivity contribution in [2.24, 2.45) is 0 Å². The Balaban J connectivity index is 2.06. The maximum absolute atomic E-state index is 14.4. The first-order chi connectivity index (χ1) is 14.3. The lowest BCUT2D eigenvalue weighted by atomic mass is 10.2. The minimum Gasteiger partial charge on any atom is -0.436 e. The van der Waals surface area contributed by atoms with Crippen LogP contribution in [0.4, 0.5) is 10.1 Å². The van der Waals surface area contributed by atoms with Crippen LogP contribution in [0.2, 0.25) is 0 Å². The van der Waals surface area contributed by atoms with E-state index in [-0.39, 0.29) is 35.0 Å². The number of hydrogen-bond acceptors (Lipinski definition) is 5. The van der Waals surface area contributed by atoms with Crippen molar-refractivity contribution in [3.05, 3.63) is 75.7 Å². The van der Waals surface area contributed by atoms with Crippen LogP contribution in [0, 0.1) is 22.9 Å². The van der Waals surface area contributed by atoms with Gasteiger partial charge in [-0.3, -0.25) is 14.9 Å². The molecule has 156 valence electrons. The summed E-state index contributed by atoms with van der Waals surface area (Å²) in [5.41, 5.74) is 0.788. The van der Waals surface area contributed by atoms with Crippen molar-refractivity contribution in [2.75, 3.05) is 0 Å². The highest BCUT2D eigenvalue weighted by Gasteiger charge is 2.24. The quantitative estimate of drug-likeness (QED) is 0.453. The van der Waals surface area contributed by atoms with Gasteiger partial charge in [-0.2, -0.15) is 9.78 Å². The summed E-state index contributed by atoms with van der Waals surface area (Å²) in [5.74, 6) is -1.33. The van der Waals surface area contributed by atoms with Crippen LogP contribution >= 0.6 is 0 Å². The Kier molecular flexibility index (Phi) is 6.10. The van der Waals surface area contributed by atoms with Crippen molar-refractivity contribution in [1.29, 1.82) is 0 Å². The molecule has 0 spiro atoms. The molecule has 0 aliphatic carbocycles. The number of nitrogens with one attached hydrogen (secondary N) is 1. The molecule has 0 radical (unpaired) electrons. The summed E-state index contributed by atoms with van der Waals surface area (Å²) in [6, 6.07) is 12.0. The van der Waals surface area contributed by atoms with E-state index >= 15 is 0 Å². The summed E-state index contributed by atoms with van der Waals surface area (Å²) in [7, 11) is 0. The van der Waals surface area contributed by atoms with E-state index in [1.165, 1.54) is 10.7 Å². The number of aromatic nitrogens is 2. The molecule has 8 nitrogen and oxygen atoms in total. The number of halogens is 1. The van der Waals surface area contributed by atoms with Crippen molar-refractivity contribution >= 4 is 11.6 Å². The average Bonchev–Trinajstić information content (AvgIpc) is 3.06. The number of carbonyl (C=O) groups is 1. The van der Waals surface area contributed by atoms with E-state index in [4.69, 9.17) is 4.74 Å². The SMILES string of the molecule is CC[C@@H](C)NC(=O)c1nn(-c2ccccc2)c(Oc2ccc([N+](=O)[O-])cc2F)c1C. The predicted octanol–water partition coefficient (Wildman–Crippen LogP) is 4.55. The standard InChI is InChI=1S/C21H21FN4O4/c1-4-13(2)23-20(27)19-14(3)21(25(24-19)15-8-6-5-7-9-15)30-18-11-10-16(26(28)29)12-17(18)22/h5-13H,4H2,1-3H3,(H,23,27)/t13-/m1/s1. The van der Waals surface area contributed by atoms with Gasteiger partial charge in [0.2, 0.25) is 5.88 Å². The summed E-state index contributed by atoms with van der Waals surface area (Å²) in [4.78, 5) is 22.8. The fourth-order valence-corrected chi connectivity index (χ4v) is 2.74. The van der Waals surface area contributed by atoms with Crippen molar-refractivity contribution in [3.63, 3.8) is 0 Å². The zero-order valence-electron chi connectivity index (χ0n) is 16.8. The molecule has 3 aromatic rings. The molecule has 0 bridgehead atoms. The molecule has 1 atom stereocenters. The van der Waals surface area contributed by atoms with Crippen LogP contribution in [0.25, 0.3) is 5.69 Å². The third-order valence-corrected chi connectivity index (χ3v) is 4.61. The second-order valence-corrected chi connectivity index (χ2v) is 6.78. The van der Waals surface area contributed by atoms with Crippen LogP contribution in [-0.4, -0.2) is 26.7 Å². The van der Waals surface area contributed by atoms with Gasteiger partial charge in [-0.25, -0.2) is 4.39 Å². The predicted molar refractivity (Wildman–Crippen MR) is 109 cm³/mol. The van der Waals surface area contributed by atoms with Crippen LogP contribution < -0.4 is 10.1 Å². The number of nitro benzene ring substituents is 1. The largest absolute Gasteiger partial charge is 0.436 e. The lowest BCUT2D eigenvalue weighted by Crippen LogP contribution is -2.32. The molecule has 9 heteroatoms. The molecule has 0 aliphatic rings. The molecule has 0 fully saturated rings. The Labute approximate surface area is 172 Å². The number of rotatable bonds is 7. The van der Waals surface area contributed by atoms with Gasteiger partial charge in [0, 0.05) is 17.7 Å². The van der Waals surface area contributed by atoms with Crippen molar-refractivity contribution in [2.45, 2.75) is 33.2 Å². The molecule has 1 heterocycles. The highest BCUT2D eigenvalue weighted by molar-refractivity contribution is 5.94. The number of ether oxygens (including phenoxy) is 1. The van der Waals surface area contributed by atoms with Crippen LogP contribution in [-0.2, 0) is 0 Å². The molecule has 1 aromatic heterocycles. The van der Waals surface area contributed by atoms with Crippen LogP contribution in [0.15, 0.2) is 48.5 Å². The Morgan fingerprint density at radius 1 is 1.30 bits per heavy atom. The topological polar surface area (TPSA) is 99.3 Å². The normalized spacial score (nSPS) is 11.7. The second-order valence-electron chi connectivity index (χ2n) is 6.78. The molecule has 0 saturated carbocycles. The van der Waals surface area contributed by atoms with Crippen molar-refractivity contribution in [1.82, 2.24) is 15.1 Å². The maximum Gasteiger partial charge on any atom is 0.272 e. The van der Waals surface area contributed by atoms with E-state index in [0.717, 1.165) is 18.6 Å². The van der Waals surface area contributed by atoms with Gasteiger partial charge >= 0.3 is 0 Å². The number of carbonyl (C=O) groups excluding carboxylic acids is 1. The number of non-ortho nitro benzene ring substituents is 1. The highest BCUT2D eigenvalue weighted by Crippen LogP contribution is 2.32. The van der Waals surface area contributed by atoms with E-state index < -0.39 is 10.7 Å². The summed E-state index contributed by atoms with van der Waals surface area (Å²) in [5, 5.41) is 18.1.